The molecule has 0 fully saturated rings. The van der Waals surface area contributed by atoms with E-state index < -0.39 is 17.4 Å². The third kappa shape index (κ3) is 4.29. The molecule has 0 amide bonds. The molecule has 0 bridgehead atoms. The number of rotatable bonds is 8. The first kappa shape index (κ1) is 16.9. The minimum Gasteiger partial charge on any atom is -0.465 e. The molecule has 0 unspecified atom stereocenters. The molecule has 0 aliphatic rings. The van der Waals surface area contributed by atoms with Gasteiger partial charge in [-0.2, -0.15) is 0 Å². The smallest absolute Gasteiger partial charge is 0.323 e. The van der Waals surface area contributed by atoms with Gasteiger partial charge in [0.05, 0.1) is 13.2 Å². The zero-order valence-corrected chi connectivity index (χ0v) is 11.7. The van der Waals surface area contributed by atoms with Crippen molar-refractivity contribution in [1.82, 2.24) is 0 Å². The summed E-state index contributed by atoms with van der Waals surface area (Å²) in [5.41, 5.74) is -1.38. The molecule has 0 aromatic carbocycles. The average Bonchev–Trinajstić information content (AvgIpc) is 2.28. The van der Waals surface area contributed by atoms with Crippen molar-refractivity contribution in [2.75, 3.05) is 19.8 Å². The molecule has 0 aromatic rings. The van der Waals surface area contributed by atoms with Gasteiger partial charge in [-0.25, -0.2) is 0 Å². The summed E-state index contributed by atoms with van der Waals surface area (Å²) in [6.07, 6.45) is 0.341. The van der Waals surface area contributed by atoms with Crippen molar-refractivity contribution in [3.05, 3.63) is 0 Å². The first-order chi connectivity index (χ1) is 8.44. The van der Waals surface area contributed by atoms with Gasteiger partial charge in [0, 0.05) is 6.61 Å². The van der Waals surface area contributed by atoms with Crippen LogP contribution in [0.25, 0.3) is 0 Å². The van der Waals surface area contributed by atoms with Crippen molar-refractivity contribution >= 4 is 11.9 Å². The zero-order valence-electron chi connectivity index (χ0n) is 11.7. The number of esters is 2. The van der Waals surface area contributed by atoms with Crippen LogP contribution in [0.4, 0.5) is 0 Å². The normalized spacial score (nSPS) is 11.4. The highest BCUT2D eigenvalue weighted by atomic mass is 16.6. The van der Waals surface area contributed by atoms with Gasteiger partial charge in [0.2, 0.25) is 0 Å². The van der Waals surface area contributed by atoms with Crippen molar-refractivity contribution < 1.29 is 24.2 Å². The van der Waals surface area contributed by atoms with Crippen LogP contribution in [-0.4, -0.2) is 36.9 Å². The quantitative estimate of drug-likeness (QED) is 0.529. The topological polar surface area (TPSA) is 72.8 Å². The largest absolute Gasteiger partial charge is 0.465 e. The molecule has 0 heterocycles. The van der Waals surface area contributed by atoms with Crippen molar-refractivity contribution in [3.63, 3.8) is 0 Å². The van der Waals surface area contributed by atoms with E-state index in [1.165, 1.54) is 0 Å². The third-order valence-corrected chi connectivity index (χ3v) is 2.63. The summed E-state index contributed by atoms with van der Waals surface area (Å²) in [7, 11) is 0. The highest BCUT2D eigenvalue weighted by Gasteiger charge is 2.48. The molecule has 5 heteroatoms. The van der Waals surface area contributed by atoms with Gasteiger partial charge in [-0.15, -0.1) is 0 Å². The summed E-state index contributed by atoms with van der Waals surface area (Å²) >= 11 is 0. The van der Waals surface area contributed by atoms with Crippen LogP contribution in [-0.2, 0) is 19.1 Å². The van der Waals surface area contributed by atoms with Crippen LogP contribution >= 0.6 is 0 Å². The van der Waals surface area contributed by atoms with Gasteiger partial charge in [0.25, 0.3) is 0 Å². The zero-order chi connectivity index (χ0) is 14.2. The van der Waals surface area contributed by atoms with Crippen LogP contribution in [0.3, 0.4) is 0 Å². The molecule has 0 aromatic heterocycles. The lowest BCUT2D eigenvalue weighted by Gasteiger charge is -2.29. The van der Waals surface area contributed by atoms with Gasteiger partial charge in [0.15, 0.2) is 5.41 Å². The van der Waals surface area contributed by atoms with Crippen LogP contribution in [0.15, 0.2) is 0 Å². The second-order valence-corrected chi connectivity index (χ2v) is 4.59. The van der Waals surface area contributed by atoms with Crippen LogP contribution in [0.1, 0.15) is 40.5 Å². The Labute approximate surface area is 108 Å². The molecular formula is C13H24O5. The molecule has 0 atom stereocenters. The van der Waals surface area contributed by atoms with Gasteiger partial charge in [0.1, 0.15) is 0 Å². The van der Waals surface area contributed by atoms with E-state index in [4.69, 9.17) is 14.6 Å². The van der Waals surface area contributed by atoms with Crippen LogP contribution in [0.2, 0.25) is 0 Å². The van der Waals surface area contributed by atoms with Crippen LogP contribution < -0.4 is 0 Å². The van der Waals surface area contributed by atoms with E-state index in [2.05, 4.69) is 0 Å². The third-order valence-electron chi connectivity index (χ3n) is 2.63. The molecule has 0 rings (SSSR count). The fourth-order valence-electron chi connectivity index (χ4n) is 1.98. The lowest BCUT2D eigenvalue weighted by molar-refractivity contribution is -0.175. The Morgan fingerprint density at radius 1 is 1.11 bits per heavy atom. The predicted molar refractivity (Wildman–Crippen MR) is 66.9 cm³/mol. The predicted octanol–water partition coefficient (Wildman–Crippen LogP) is 1.53. The summed E-state index contributed by atoms with van der Waals surface area (Å²) in [5.74, 6) is -1.09. The Kier molecular flexibility index (Phi) is 7.59. The highest BCUT2D eigenvalue weighted by Crippen LogP contribution is 2.33. The van der Waals surface area contributed by atoms with Crippen LogP contribution in [0, 0.1) is 11.3 Å². The second kappa shape index (κ2) is 8.08. The number of carbonyl (C=O) groups is 2. The maximum absolute atomic E-state index is 12.1. The highest BCUT2D eigenvalue weighted by molar-refractivity contribution is 6.00. The molecule has 106 valence electrons. The summed E-state index contributed by atoms with van der Waals surface area (Å²) in [4.78, 5) is 24.1. The van der Waals surface area contributed by atoms with Gasteiger partial charge in [-0.1, -0.05) is 13.8 Å². The van der Waals surface area contributed by atoms with E-state index in [0.29, 0.717) is 6.42 Å². The van der Waals surface area contributed by atoms with E-state index in [0.717, 1.165) is 0 Å². The van der Waals surface area contributed by atoms with E-state index in [1.807, 2.05) is 13.8 Å². The van der Waals surface area contributed by atoms with E-state index in [9.17, 15) is 9.59 Å². The van der Waals surface area contributed by atoms with E-state index in [1.54, 1.807) is 13.8 Å². The fourth-order valence-corrected chi connectivity index (χ4v) is 1.98. The second-order valence-electron chi connectivity index (χ2n) is 4.59. The summed E-state index contributed by atoms with van der Waals surface area (Å²) in [6, 6.07) is 0. The van der Waals surface area contributed by atoms with Gasteiger partial charge in [-0.3, -0.25) is 9.59 Å². The average molecular weight is 260 g/mol. The van der Waals surface area contributed by atoms with Crippen molar-refractivity contribution in [3.8, 4) is 0 Å². The molecule has 0 aliphatic carbocycles. The molecule has 0 saturated carbocycles. The Morgan fingerprint density at radius 2 is 1.56 bits per heavy atom. The molecule has 18 heavy (non-hydrogen) atoms. The lowest BCUT2D eigenvalue weighted by atomic mass is 9.77. The number of carbonyl (C=O) groups excluding carboxylic acids is 2. The molecule has 0 aliphatic heterocycles. The maximum Gasteiger partial charge on any atom is 0.323 e. The number of ether oxygens (including phenoxy) is 2. The SMILES string of the molecule is CCOC(=O)C(CCO)(CC(C)C)C(=O)OCC. The summed E-state index contributed by atoms with van der Waals surface area (Å²) in [5, 5.41) is 9.13. The number of aliphatic hydroxyl groups excluding tert-OH is 1. The molecule has 0 spiro atoms. The molecule has 0 saturated heterocycles. The fraction of sp³-hybridized carbons (Fsp3) is 0.846. The Bertz CT molecular complexity index is 255. The van der Waals surface area contributed by atoms with E-state index in [-0.39, 0.29) is 32.2 Å². The maximum atomic E-state index is 12.1. The number of aliphatic hydroxyl groups is 1. The van der Waals surface area contributed by atoms with Crippen molar-refractivity contribution in [2.45, 2.75) is 40.5 Å². The van der Waals surface area contributed by atoms with Gasteiger partial charge < -0.3 is 14.6 Å². The number of hydrogen-bond acceptors (Lipinski definition) is 5. The van der Waals surface area contributed by atoms with Crippen molar-refractivity contribution in [1.29, 1.82) is 0 Å². The number of hydrogen-bond donors (Lipinski definition) is 1. The monoisotopic (exact) mass is 260 g/mol. The van der Waals surface area contributed by atoms with Crippen LogP contribution in [0.5, 0.6) is 0 Å². The first-order valence-electron chi connectivity index (χ1n) is 6.39. The van der Waals surface area contributed by atoms with E-state index >= 15 is 0 Å². The summed E-state index contributed by atoms with van der Waals surface area (Å²) in [6.45, 7) is 7.32. The molecule has 5 nitrogen and oxygen atoms in total. The Hall–Kier alpha value is -1.10. The Balaban J connectivity index is 5.25. The standard InChI is InChI=1S/C13H24O5/c1-5-17-11(15)13(7-8-14,9-10(3)4)12(16)18-6-2/h10,14H,5-9H2,1-4H3. The summed E-state index contributed by atoms with van der Waals surface area (Å²) < 4.78 is 9.95. The van der Waals surface area contributed by atoms with Gasteiger partial charge >= 0.3 is 11.9 Å². The molecule has 1 N–H and O–H groups in total. The minimum atomic E-state index is -1.38. The molecule has 0 radical (unpaired) electrons. The first-order valence-corrected chi connectivity index (χ1v) is 6.39. The van der Waals surface area contributed by atoms with Gasteiger partial charge in [-0.05, 0) is 32.6 Å². The molecular weight excluding hydrogens is 236 g/mol. The minimum absolute atomic E-state index is 0.0306. The lowest BCUT2D eigenvalue weighted by Crippen LogP contribution is -2.44. The van der Waals surface area contributed by atoms with Crippen molar-refractivity contribution in [2.24, 2.45) is 11.3 Å². The Morgan fingerprint density at radius 3 is 1.83 bits per heavy atom.